The van der Waals surface area contributed by atoms with E-state index in [9.17, 15) is 0 Å². The summed E-state index contributed by atoms with van der Waals surface area (Å²) in [4.78, 5) is 0. The van der Waals surface area contributed by atoms with Gasteiger partial charge in [0.05, 0.1) is 0 Å². The number of hydrogen-bond donors (Lipinski definition) is 2. The fourth-order valence-electron chi connectivity index (χ4n) is 6.87. The molecule has 0 spiro atoms. The minimum Gasteiger partial charge on any atom is -0.391 e. The zero-order chi connectivity index (χ0) is 16.8. The van der Waals surface area contributed by atoms with E-state index < -0.39 is 0 Å². The van der Waals surface area contributed by atoms with Crippen molar-refractivity contribution < 1.29 is 0 Å². The van der Waals surface area contributed by atoms with Crippen LogP contribution in [0.15, 0.2) is 11.8 Å². The van der Waals surface area contributed by atoms with Crippen LogP contribution in [-0.4, -0.2) is 20.1 Å². The van der Waals surface area contributed by atoms with Crippen LogP contribution in [0.4, 0.5) is 0 Å². The van der Waals surface area contributed by atoms with Crippen molar-refractivity contribution in [3.8, 4) is 0 Å². The van der Waals surface area contributed by atoms with Crippen LogP contribution in [0.1, 0.15) is 66.2 Å². The van der Waals surface area contributed by atoms with E-state index in [0.29, 0.717) is 16.9 Å². The number of likely N-dealkylation sites (N-methyl/N-ethyl adjacent to an activating group) is 1. The van der Waals surface area contributed by atoms with Crippen LogP contribution >= 0.6 is 0 Å². The van der Waals surface area contributed by atoms with Crippen molar-refractivity contribution >= 4 is 0 Å². The quantitative estimate of drug-likeness (QED) is 0.793. The molecule has 0 saturated heterocycles. The van der Waals surface area contributed by atoms with Crippen LogP contribution in [0.2, 0.25) is 0 Å². The molecule has 7 unspecified atom stereocenters. The van der Waals surface area contributed by atoms with Gasteiger partial charge in [-0.25, -0.2) is 0 Å². The van der Waals surface area contributed by atoms with Crippen molar-refractivity contribution in [1.82, 2.24) is 10.6 Å². The van der Waals surface area contributed by atoms with Gasteiger partial charge in [-0.15, -0.1) is 0 Å². The van der Waals surface area contributed by atoms with Crippen LogP contribution < -0.4 is 10.6 Å². The van der Waals surface area contributed by atoms with E-state index in [0.717, 1.165) is 23.7 Å². The van der Waals surface area contributed by atoms with Gasteiger partial charge in [-0.2, -0.15) is 0 Å². The molecule has 0 aromatic heterocycles. The summed E-state index contributed by atoms with van der Waals surface area (Å²) in [6.07, 6.45) is 10.9. The Hall–Kier alpha value is -0.500. The van der Waals surface area contributed by atoms with Crippen molar-refractivity contribution in [1.29, 1.82) is 0 Å². The Bertz CT molecular complexity index is 470. The number of rotatable bonds is 4. The van der Waals surface area contributed by atoms with Crippen LogP contribution in [0.3, 0.4) is 0 Å². The highest BCUT2D eigenvalue weighted by molar-refractivity contribution is 5.25. The summed E-state index contributed by atoms with van der Waals surface area (Å²) in [5.74, 6) is 3.45. The van der Waals surface area contributed by atoms with E-state index in [1.54, 1.807) is 0 Å². The van der Waals surface area contributed by atoms with Crippen LogP contribution in [0.25, 0.3) is 0 Å². The molecule has 132 valence electrons. The lowest BCUT2D eigenvalue weighted by molar-refractivity contribution is -0.0468. The molecule has 3 aliphatic rings. The van der Waals surface area contributed by atoms with Crippen molar-refractivity contribution in [2.75, 3.05) is 14.1 Å². The number of fused-ring (bicyclic) bond motifs is 3. The summed E-state index contributed by atoms with van der Waals surface area (Å²) in [6.45, 7) is 10.0. The molecule has 0 aromatic carbocycles. The Labute approximate surface area is 143 Å². The van der Waals surface area contributed by atoms with Crippen LogP contribution in [0.5, 0.6) is 0 Å². The Morgan fingerprint density at radius 2 is 1.87 bits per heavy atom. The highest BCUT2D eigenvalue weighted by atomic mass is 14.9. The highest BCUT2D eigenvalue weighted by Crippen LogP contribution is 2.64. The summed E-state index contributed by atoms with van der Waals surface area (Å²) in [5.41, 5.74) is 2.41. The van der Waals surface area contributed by atoms with E-state index in [1.807, 2.05) is 0 Å². The Balaban J connectivity index is 2.03. The normalized spacial score (nSPS) is 49.3. The van der Waals surface area contributed by atoms with Gasteiger partial charge in [0.25, 0.3) is 0 Å². The molecular formula is C21H38N2. The molecule has 0 aliphatic heterocycles. The first-order chi connectivity index (χ1) is 10.9. The molecule has 0 aromatic rings. The summed E-state index contributed by atoms with van der Waals surface area (Å²) < 4.78 is 0. The molecule has 3 rings (SSSR count). The molecule has 23 heavy (non-hydrogen) atoms. The van der Waals surface area contributed by atoms with Crippen molar-refractivity contribution in [2.24, 2.45) is 34.5 Å². The lowest BCUT2D eigenvalue weighted by Gasteiger charge is -2.58. The van der Waals surface area contributed by atoms with Gasteiger partial charge < -0.3 is 10.6 Å². The number of nitrogens with one attached hydrogen (secondary N) is 2. The number of allylic oxidation sites excluding steroid dienone is 1. The van der Waals surface area contributed by atoms with E-state index in [2.05, 4.69) is 58.5 Å². The first kappa shape index (κ1) is 17.3. The van der Waals surface area contributed by atoms with E-state index in [-0.39, 0.29) is 0 Å². The molecule has 7 atom stereocenters. The smallest absolute Gasteiger partial charge is 0.0301 e. The van der Waals surface area contributed by atoms with Gasteiger partial charge in [0.1, 0.15) is 0 Å². The predicted molar refractivity (Wildman–Crippen MR) is 99.2 cm³/mol. The third-order valence-corrected chi connectivity index (χ3v) is 8.37. The van der Waals surface area contributed by atoms with Crippen LogP contribution in [-0.2, 0) is 0 Å². The van der Waals surface area contributed by atoms with Crippen LogP contribution in [0, 0.1) is 34.5 Å². The lowest BCUT2D eigenvalue weighted by atomic mass is 9.48. The average Bonchev–Trinajstić information content (AvgIpc) is 2.83. The molecule has 2 saturated carbocycles. The molecule has 2 N–H and O–H groups in total. The van der Waals surface area contributed by atoms with E-state index >= 15 is 0 Å². The minimum absolute atomic E-state index is 0.342. The fraction of sp³-hybridized carbons (Fsp3) is 0.905. The zero-order valence-corrected chi connectivity index (χ0v) is 16.2. The second-order valence-electron chi connectivity index (χ2n) is 9.13. The largest absolute Gasteiger partial charge is 0.391 e. The first-order valence-electron chi connectivity index (χ1n) is 9.99. The Morgan fingerprint density at radius 3 is 2.48 bits per heavy atom. The van der Waals surface area contributed by atoms with Gasteiger partial charge in [0.15, 0.2) is 0 Å². The number of hydrogen-bond acceptors (Lipinski definition) is 2. The summed E-state index contributed by atoms with van der Waals surface area (Å²) in [6, 6.07) is 0.544. The molecule has 3 aliphatic carbocycles. The van der Waals surface area contributed by atoms with Crippen molar-refractivity contribution in [3.05, 3.63) is 11.8 Å². The monoisotopic (exact) mass is 318 g/mol. The van der Waals surface area contributed by atoms with Crippen molar-refractivity contribution in [3.63, 3.8) is 0 Å². The second kappa shape index (κ2) is 6.10. The van der Waals surface area contributed by atoms with Crippen molar-refractivity contribution in [2.45, 2.75) is 72.3 Å². The third-order valence-electron chi connectivity index (χ3n) is 8.37. The molecular weight excluding hydrogens is 280 g/mol. The first-order valence-corrected chi connectivity index (χ1v) is 9.99. The Kier molecular flexibility index (Phi) is 4.59. The molecule has 2 fully saturated rings. The maximum absolute atomic E-state index is 3.68. The molecule has 0 bridgehead atoms. The maximum atomic E-state index is 3.68. The van der Waals surface area contributed by atoms with Gasteiger partial charge in [-0.3, -0.25) is 0 Å². The summed E-state index contributed by atoms with van der Waals surface area (Å²) >= 11 is 0. The van der Waals surface area contributed by atoms with Gasteiger partial charge in [0.2, 0.25) is 0 Å². The lowest BCUT2D eigenvalue weighted by Crippen LogP contribution is -2.57. The topological polar surface area (TPSA) is 24.1 Å². The molecule has 2 heteroatoms. The average molecular weight is 319 g/mol. The summed E-state index contributed by atoms with van der Waals surface area (Å²) in [7, 11) is 4.29. The highest BCUT2D eigenvalue weighted by Gasteiger charge is 2.58. The fourth-order valence-corrected chi connectivity index (χ4v) is 6.87. The molecule has 2 nitrogen and oxygen atoms in total. The van der Waals surface area contributed by atoms with E-state index in [4.69, 9.17) is 0 Å². The standard InChI is InChI=1S/C21H38N2/c1-7-11-21(4)16-10-12-20(3)14(2)8-9-15(20)19(16)17(22-5)13-18(21)23-6/h13-17,19,22-23H,7-12H2,1-6H3. The van der Waals surface area contributed by atoms with Gasteiger partial charge in [-0.1, -0.05) is 34.1 Å². The van der Waals surface area contributed by atoms with Gasteiger partial charge in [-0.05, 0) is 74.3 Å². The maximum Gasteiger partial charge on any atom is 0.0301 e. The van der Waals surface area contributed by atoms with Gasteiger partial charge >= 0.3 is 0 Å². The Morgan fingerprint density at radius 1 is 1.13 bits per heavy atom. The second-order valence-corrected chi connectivity index (χ2v) is 9.13. The minimum atomic E-state index is 0.342. The molecule has 0 amide bonds. The third kappa shape index (κ3) is 2.39. The van der Waals surface area contributed by atoms with Gasteiger partial charge in [0, 0.05) is 24.2 Å². The predicted octanol–water partition coefficient (Wildman–Crippen LogP) is 4.58. The molecule has 0 radical (unpaired) electrons. The summed E-state index contributed by atoms with van der Waals surface area (Å²) in [5, 5.41) is 7.25. The molecule has 0 heterocycles. The van der Waals surface area contributed by atoms with E-state index in [1.165, 1.54) is 44.2 Å². The zero-order valence-electron chi connectivity index (χ0n) is 16.2. The SMILES string of the molecule is CCCC1(C)C(NC)=CC(NC)C2C1CCC1(C)C(C)CCC21.